The van der Waals surface area contributed by atoms with E-state index in [9.17, 15) is 14.0 Å². The number of nitrogens with zero attached hydrogens (tertiary/aromatic N) is 4. The first kappa shape index (κ1) is 13.0. The van der Waals surface area contributed by atoms with Crippen LogP contribution in [0.5, 0.6) is 0 Å². The van der Waals surface area contributed by atoms with Crippen LogP contribution in [0.1, 0.15) is 5.56 Å². The summed E-state index contributed by atoms with van der Waals surface area (Å²) in [5, 5.41) is 9.72. The van der Waals surface area contributed by atoms with E-state index < -0.39 is 11.6 Å². The zero-order chi connectivity index (χ0) is 15.1. The van der Waals surface area contributed by atoms with Gasteiger partial charge in [-0.3, -0.25) is 0 Å². The van der Waals surface area contributed by atoms with Crippen LogP contribution in [0.4, 0.5) is 14.6 Å². The molecule has 5 nitrogen and oxygen atoms in total. The summed E-state index contributed by atoms with van der Waals surface area (Å²) in [4.78, 5) is 7.89. The second kappa shape index (κ2) is 4.52. The first-order valence-corrected chi connectivity index (χ1v) is 5.99. The van der Waals surface area contributed by atoms with Gasteiger partial charge in [-0.15, -0.1) is 0 Å². The summed E-state index contributed by atoms with van der Waals surface area (Å²) < 4.78 is 29.0. The number of nitrogen functional groups attached to an aromatic ring is 1. The van der Waals surface area contributed by atoms with E-state index in [1.165, 1.54) is 23.0 Å². The lowest BCUT2D eigenvalue weighted by Crippen LogP contribution is -1.98. The highest BCUT2D eigenvalue weighted by atomic mass is 19.2. The van der Waals surface area contributed by atoms with Gasteiger partial charge in [-0.25, -0.2) is 18.7 Å². The number of hydrogen-bond donors (Lipinski definition) is 1. The minimum atomic E-state index is -1.02. The van der Waals surface area contributed by atoms with Crippen LogP contribution < -0.4 is 5.73 Å². The third-order valence-corrected chi connectivity index (χ3v) is 3.32. The lowest BCUT2D eigenvalue weighted by atomic mass is 10.1. The van der Waals surface area contributed by atoms with Crippen molar-refractivity contribution < 1.29 is 8.78 Å². The minimum Gasteiger partial charge on any atom is -0.383 e. The lowest BCUT2D eigenvalue weighted by molar-refractivity contribution is 0.510. The Labute approximate surface area is 118 Å². The van der Waals surface area contributed by atoms with Crippen molar-refractivity contribution in [3.05, 3.63) is 41.7 Å². The van der Waals surface area contributed by atoms with E-state index in [-0.39, 0.29) is 22.6 Å². The summed E-state index contributed by atoms with van der Waals surface area (Å²) >= 11 is 0. The van der Waals surface area contributed by atoms with Gasteiger partial charge in [-0.1, -0.05) is 6.07 Å². The van der Waals surface area contributed by atoms with E-state index in [2.05, 4.69) is 9.97 Å². The Morgan fingerprint density at radius 1 is 1.29 bits per heavy atom. The van der Waals surface area contributed by atoms with Crippen molar-refractivity contribution >= 4 is 16.9 Å². The van der Waals surface area contributed by atoms with Crippen molar-refractivity contribution in [2.45, 2.75) is 0 Å². The van der Waals surface area contributed by atoms with E-state index in [0.717, 1.165) is 6.07 Å². The van der Waals surface area contributed by atoms with Gasteiger partial charge >= 0.3 is 0 Å². The highest BCUT2D eigenvalue weighted by Crippen LogP contribution is 2.35. The Balaban J connectivity index is 2.49. The lowest BCUT2D eigenvalue weighted by Gasteiger charge is -2.06. The summed E-state index contributed by atoms with van der Waals surface area (Å²) in [7, 11) is 1.61. The maximum Gasteiger partial charge on any atom is 0.168 e. The quantitative estimate of drug-likeness (QED) is 0.744. The normalized spacial score (nSPS) is 10.8. The third kappa shape index (κ3) is 1.73. The van der Waals surface area contributed by atoms with Gasteiger partial charge in [0.25, 0.3) is 0 Å². The standard InChI is InChI=1S/C14H9F2N5/c1-21-12(7-3-2-4-9(15)11(7)16)8(5-17)10-13(18)19-6-20-14(10)21/h2-4,6H,1H3,(H2,18,19,20). The molecule has 104 valence electrons. The predicted octanol–water partition coefficient (Wildman–Crippen LogP) is 2.37. The fraction of sp³-hybridized carbons (Fsp3) is 0.0714. The number of hydrogen-bond acceptors (Lipinski definition) is 4. The van der Waals surface area contributed by atoms with E-state index in [1.54, 1.807) is 7.05 Å². The number of fused-ring (bicyclic) bond motifs is 1. The molecule has 3 aromatic rings. The van der Waals surface area contributed by atoms with Crippen LogP contribution in [0.15, 0.2) is 24.5 Å². The topological polar surface area (TPSA) is 80.5 Å². The molecule has 0 unspecified atom stereocenters. The van der Waals surface area contributed by atoms with Crippen LogP contribution >= 0.6 is 0 Å². The molecule has 0 aliphatic rings. The van der Waals surface area contributed by atoms with Gasteiger partial charge in [0.2, 0.25) is 0 Å². The number of nitrogens with two attached hydrogens (primary N) is 1. The monoisotopic (exact) mass is 285 g/mol. The van der Waals surface area contributed by atoms with Crippen LogP contribution in [-0.4, -0.2) is 14.5 Å². The number of benzene rings is 1. The molecule has 0 aliphatic heterocycles. The molecule has 3 rings (SSSR count). The average Bonchev–Trinajstić information content (AvgIpc) is 2.76. The number of rotatable bonds is 1. The van der Waals surface area contributed by atoms with Crippen LogP contribution in [0, 0.1) is 23.0 Å². The molecule has 2 aromatic heterocycles. The molecule has 0 bridgehead atoms. The van der Waals surface area contributed by atoms with E-state index in [0.29, 0.717) is 11.0 Å². The zero-order valence-corrected chi connectivity index (χ0v) is 10.9. The van der Waals surface area contributed by atoms with Gasteiger partial charge in [0.05, 0.1) is 16.6 Å². The molecule has 0 fully saturated rings. The molecule has 21 heavy (non-hydrogen) atoms. The predicted molar refractivity (Wildman–Crippen MR) is 73.0 cm³/mol. The van der Waals surface area contributed by atoms with E-state index >= 15 is 0 Å². The molecule has 2 N–H and O–H groups in total. The van der Waals surface area contributed by atoms with Gasteiger partial charge in [0, 0.05) is 12.6 Å². The second-order valence-electron chi connectivity index (χ2n) is 4.45. The number of halogens is 2. The molecular weight excluding hydrogens is 276 g/mol. The van der Waals surface area contributed by atoms with Crippen LogP contribution in [0.3, 0.4) is 0 Å². The summed E-state index contributed by atoms with van der Waals surface area (Å²) in [6, 6.07) is 5.77. The zero-order valence-electron chi connectivity index (χ0n) is 10.9. The minimum absolute atomic E-state index is 0.0218. The van der Waals surface area contributed by atoms with Gasteiger partial charge in [-0.2, -0.15) is 5.26 Å². The van der Waals surface area contributed by atoms with E-state index in [4.69, 9.17) is 5.73 Å². The number of aromatic nitrogens is 3. The number of anilines is 1. The molecule has 0 amide bonds. The summed E-state index contributed by atoms with van der Waals surface area (Å²) in [6.07, 6.45) is 1.25. The first-order valence-electron chi connectivity index (χ1n) is 5.99. The molecule has 0 saturated heterocycles. The Bertz CT molecular complexity index is 908. The van der Waals surface area contributed by atoms with Gasteiger partial charge in [0.1, 0.15) is 23.9 Å². The van der Waals surface area contributed by atoms with Crippen molar-refractivity contribution in [3.8, 4) is 17.3 Å². The van der Waals surface area contributed by atoms with Crippen molar-refractivity contribution in [2.75, 3.05) is 5.73 Å². The van der Waals surface area contributed by atoms with Crippen LogP contribution in [0.2, 0.25) is 0 Å². The fourth-order valence-electron chi connectivity index (χ4n) is 2.39. The molecule has 0 spiro atoms. The summed E-state index contributed by atoms with van der Waals surface area (Å²) in [5.74, 6) is -1.89. The largest absolute Gasteiger partial charge is 0.383 e. The Kier molecular flexibility index (Phi) is 2.80. The van der Waals surface area contributed by atoms with Crippen molar-refractivity contribution in [3.63, 3.8) is 0 Å². The molecule has 0 saturated carbocycles. The maximum atomic E-state index is 14.0. The van der Waals surface area contributed by atoms with E-state index in [1.807, 2.05) is 6.07 Å². The van der Waals surface area contributed by atoms with Crippen LogP contribution in [0.25, 0.3) is 22.3 Å². The maximum absolute atomic E-state index is 14.0. The van der Waals surface area contributed by atoms with Crippen molar-refractivity contribution in [1.82, 2.24) is 14.5 Å². The number of aryl methyl sites for hydroxylation is 1. The van der Waals surface area contributed by atoms with Crippen molar-refractivity contribution in [2.24, 2.45) is 7.05 Å². The molecule has 0 aliphatic carbocycles. The third-order valence-electron chi connectivity index (χ3n) is 3.32. The molecule has 0 atom stereocenters. The molecular formula is C14H9F2N5. The Hall–Kier alpha value is -3.01. The van der Waals surface area contributed by atoms with Gasteiger partial charge in [-0.05, 0) is 12.1 Å². The van der Waals surface area contributed by atoms with Gasteiger partial charge in [0.15, 0.2) is 11.6 Å². The van der Waals surface area contributed by atoms with Crippen molar-refractivity contribution in [1.29, 1.82) is 5.26 Å². The molecule has 1 aromatic carbocycles. The van der Waals surface area contributed by atoms with Crippen LogP contribution in [-0.2, 0) is 7.05 Å². The number of nitriles is 1. The molecule has 0 radical (unpaired) electrons. The first-order chi connectivity index (χ1) is 10.1. The second-order valence-corrected chi connectivity index (χ2v) is 4.45. The Morgan fingerprint density at radius 2 is 2.05 bits per heavy atom. The molecule has 7 heteroatoms. The Morgan fingerprint density at radius 3 is 2.76 bits per heavy atom. The SMILES string of the molecule is Cn1c(-c2cccc(F)c2F)c(C#N)c2c(N)ncnc21. The molecule has 2 heterocycles. The smallest absolute Gasteiger partial charge is 0.168 e. The average molecular weight is 285 g/mol. The fourth-order valence-corrected chi connectivity index (χ4v) is 2.39. The summed E-state index contributed by atoms with van der Waals surface area (Å²) in [6.45, 7) is 0. The van der Waals surface area contributed by atoms with Gasteiger partial charge < -0.3 is 10.3 Å². The highest BCUT2D eigenvalue weighted by Gasteiger charge is 2.23. The highest BCUT2D eigenvalue weighted by molar-refractivity contribution is 5.98. The summed E-state index contributed by atoms with van der Waals surface area (Å²) in [5.41, 5.74) is 6.48.